The van der Waals surface area contributed by atoms with Crippen molar-refractivity contribution in [2.75, 3.05) is 19.7 Å². The molecule has 0 saturated carbocycles. The third-order valence-electron chi connectivity index (χ3n) is 3.84. The van der Waals surface area contributed by atoms with Gasteiger partial charge in [0.05, 0.1) is 6.61 Å². The lowest BCUT2D eigenvalue weighted by Crippen LogP contribution is -2.27. The fourth-order valence-electron chi connectivity index (χ4n) is 2.95. The smallest absolute Gasteiger partial charge is 0.407 e. The molecule has 2 aliphatic heterocycles. The molecule has 96 valence electrons. The second kappa shape index (κ2) is 4.15. The molecule has 1 saturated heterocycles. The van der Waals surface area contributed by atoms with E-state index in [4.69, 9.17) is 9.84 Å². The van der Waals surface area contributed by atoms with Crippen molar-refractivity contribution in [2.45, 2.75) is 12.3 Å². The van der Waals surface area contributed by atoms with E-state index in [0.717, 1.165) is 12.0 Å². The van der Waals surface area contributed by atoms with Gasteiger partial charge < -0.3 is 14.7 Å². The van der Waals surface area contributed by atoms with Crippen LogP contribution in [0.5, 0.6) is 5.75 Å². The number of hydrogen-bond acceptors (Lipinski definition) is 2. The maximum absolute atomic E-state index is 13.7. The van der Waals surface area contributed by atoms with E-state index in [-0.39, 0.29) is 17.7 Å². The molecule has 1 amide bonds. The molecular weight excluding hydrogens is 237 g/mol. The summed E-state index contributed by atoms with van der Waals surface area (Å²) in [5.41, 5.74) is 0.807. The van der Waals surface area contributed by atoms with Crippen molar-refractivity contribution in [2.24, 2.45) is 5.92 Å². The van der Waals surface area contributed by atoms with Gasteiger partial charge in [0.1, 0.15) is 0 Å². The number of ether oxygens (including phenoxy) is 1. The van der Waals surface area contributed by atoms with Crippen LogP contribution in [0.15, 0.2) is 18.2 Å². The van der Waals surface area contributed by atoms with Gasteiger partial charge in [-0.3, -0.25) is 0 Å². The molecule has 1 fully saturated rings. The predicted molar refractivity (Wildman–Crippen MR) is 62.3 cm³/mol. The van der Waals surface area contributed by atoms with Gasteiger partial charge in [-0.1, -0.05) is 12.1 Å². The monoisotopic (exact) mass is 251 g/mol. The van der Waals surface area contributed by atoms with Gasteiger partial charge in [-0.05, 0) is 18.4 Å². The van der Waals surface area contributed by atoms with Crippen LogP contribution in [0.3, 0.4) is 0 Å². The third-order valence-corrected chi connectivity index (χ3v) is 3.84. The number of likely N-dealkylation sites (tertiary alicyclic amines) is 1. The van der Waals surface area contributed by atoms with Gasteiger partial charge in [-0.15, -0.1) is 0 Å². The lowest BCUT2D eigenvalue weighted by Gasteiger charge is -2.15. The van der Waals surface area contributed by atoms with Crippen molar-refractivity contribution in [1.29, 1.82) is 0 Å². The number of carboxylic acid groups (broad SMARTS) is 1. The van der Waals surface area contributed by atoms with E-state index in [1.54, 1.807) is 6.07 Å². The molecule has 1 N–H and O–H groups in total. The summed E-state index contributed by atoms with van der Waals surface area (Å²) in [6.45, 7) is 1.39. The van der Waals surface area contributed by atoms with Crippen LogP contribution in [-0.2, 0) is 0 Å². The maximum atomic E-state index is 13.7. The average molecular weight is 251 g/mol. The number of benzene rings is 1. The fourth-order valence-corrected chi connectivity index (χ4v) is 2.95. The van der Waals surface area contributed by atoms with Crippen LogP contribution in [0, 0.1) is 11.7 Å². The number of para-hydroxylation sites is 1. The van der Waals surface area contributed by atoms with Crippen LogP contribution in [-0.4, -0.2) is 35.8 Å². The molecule has 0 bridgehead atoms. The lowest BCUT2D eigenvalue weighted by molar-refractivity contribution is 0.152. The SMILES string of the molecule is O=C(O)N1C[C@@H]2CCOc3c(F)cccc3[C@H]2C1. The summed E-state index contributed by atoms with van der Waals surface area (Å²) in [7, 11) is 0. The number of nitrogens with zero attached hydrogens (tertiary/aromatic N) is 1. The van der Waals surface area contributed by atoms with Crippen LogP contribution < -0.4 is 4.74 Å². The third kappa shape index (κ3) is 1.70. The molecule has 0 unspecified atom stereocenters. The number of carbonyl (C=O) groups is 1. The second-order valence-electron chi connectivity index (χ2n) is 4.85. The fraction of sp³-hybridized carbons (Fsp3) is 0.462. The van der Waals surface area contributed by atoms with Gasteiger partial charge in [-0.25, -0.2) is 9.18 Å². The van der Waals surface area contributed by atoms with Gasteiger partial charge in [0.25, 0.3) is 0 Å². The Balaban J connectivity index is 1.99. The molecule has 0 aliphatic carbocycles. The van der Waals surface area contributed by atoms with Crippen LogP contribution in [0.1, 0.15) is 17.9 Å². The number of fused-ring (bicyclic) bond motifs is 3. The normalized spacial score (nSPS) is 25.9. The molecule has 0 radical (unpaired) electrons. The Hall–Kier alpha value is -1.78. The Kier molecular flexibility index (Phi) is 2.61. The average Bonchev–Trinajstić information content (AvgIpc) is 2.68. The first-order valence-corrected chi connectivity index (χ1v) is 6.06. The molecule has 2 atom stereocenters. The van der Waals surface area contributed by atoms with E-state index in [1.807, 2.05) is 6.07 Å². The molecule has 18 heavy (non-hydrogen) atoms. The largest absolute Gasteiger partial charge is 0.490 e. The molecule has 1 aromatic carbocycles. The topological polar surface area (TPSA) is 49.8 Å². The van der Waals surface area contributed by atoms with E-state index < -0.39 is 6.09 Å². The molecular formula is C13H14FNO3. The van der Waals surface area contributed by atoms with Gasteiger partial charge in [0, 0.05) is 24.6 Å². The number of amides is 1. The van der Waals surface area contributed by atoms with Crippen molar-refractivity contribution >= 4 is 6.09 Å². The van der Waals surface area contributed by atoms with E-state index in [9.17, 15) is 9.18 Å². The molecule has 3 rings (SSSR count). The van der Waals surface area contributed by atoms with Crippen molar-refractivity contribution in [3.05, 3.63) is 29.6 Å². The molecule has 0 spiro atoms. The highest BCUT2D eigenvalue weighted by molar-refractivity contribution is 5.65. The quantitative estimate of drug-likeness (QED) is 0.769. The highest BCUT2D eigenvalue weighted by Crippen LogP contribution is 2.42. The first kappa shape index (κ1) is 11.3. The summed E-state index contributed by atoms with van der Waals surface area (Å²) in [4.78, 5) is 12.4. The minimum atomic E-state index is -0.901. The standard InChI is InChI=1S/C13H14FNO3/c14-11-3-1-2-9-10-7-15(13(16)17)6-8(10)4-5-18-12(9)11/h1-3,8,10H,4-7H2,(H,16,17)/t8-,10-/m0/s1. The molecule has 2 aliphatic rings. The summed E-state index contributed by atoms with van der Waals surface area (Å²) >= 11 is 0. The zero-order chi connectivity index (χ0) is 12.7. The van der Waals surface area contributed by atoms with Gasteiger partial charge in [-0.2, -0.15) is 0 Å². The Morgan fingerprint density at radius 2 is 2.28 bits per heavy atom. The number of hydrogen-bond donors (Lipinski definition) is 1. The zero-order valence-corrected chi connectivity index (χ0v) is 9.80. The first-order chi connectivity index (χ1) is 8.66. The highest BCUT2D eigenvalue weighted by Gasteiger charge is 2.39. The highest BCUT2D eigenvalue weighted by atomic mass is 19.1. The molecule has 1 aromatic rings. The maximum Gasteiger partial charge on any atom is 0.407 e. The van der Waals surface area contributed by atoms with Crippen LogP contribution >= 0.6 is 0 Å². The first-order valence-electron chi connectivity index (χ1n) is 6.06. The van der Waals surface area contributed by atoms with Crippen molar-refractivity contribution < 1.29 is 19.0 Å². The molecule has 0 aromatic heterocycles. The Bertz CT molecular complexity index is 491. The van der Waals surface area contributed by atoms with Gasteiger partial charge in [0.2, 0.25) is 0 Å². The van der Waals surface area contributed by atoms with E-state index in [2.05, 4.69) is 0 Å². The van der Waals surface area contributed by atoms with E-state index in [0.29, 0.717) is 25.4 Å². The van der Waals surface area contributed by atoms with Gasteiger partial charge >= 0.3 is 6.09 Å². The summed E-state index contributed by atoms with van der Waals surface area (Å²) in [5, 5.41) is 9.05. The van der Waals surface area contributed by atoms with E-state index >= 15 is 0 Å². The van der Waals surface area contributed by atoms with Crippen molar-refractivity contribution in [3.63, 3.8) is 0 Å². The van der Waals surface area contributed by atoms with E-state index in [1.165, 1.54) is 11.0 Å². The summed E-state index contributed by atoms with van der Waals surface area (Å²) in [6, 6.07) is 4.87. The minimum Gasteiger partial charge on any atom is -0.490 e. The lowest BCUT2D eigenvalue weighted by atomic mass is 9.87. The zero-order valence-electron chi connectivity index (χ0n) is 9.80. The number of rotatable bonds is 0. The molecule has 4 nitrogen and oxygen atoms in total. The number of halogens is 1. The summed E-state index contributed by atoms with van der Waals surface area (Å²) < 4.78 is 19.2. The van der Waals surface area contributed by atoms with Crippen molar-refractivity contribution in [1.82, 2.24) is 4.90 Å². The Morgan fingerprint density at radius 1 is 1.44 bits per heavy atom. The Labute approximate surface area is 104 Å². The van der Waals surface area contributed by atoms with Crippen LogP contribution in [0.4, 0.5) is 9.18 Å². The second-order valence-corrected chi connectivity index (χ2v) is 4.85. The van der Waals surface area contributed by atoms with Crippen molar-refractivity contribution in [3.8, 4) is 5.75 Å². The minimum absolute atomic E-state index is 0.0503. The summed E-state index contributed by atoms with van der Waals surface area (Å²) in [6.07, 6.45) is -0.135. The van der Waals surface area contributed by atoms with Crippen LogP contribution in [0.2, 0.25) is 0 Å². The molecule has 2 heterocycles. The summed E-state index contributed by atoms with van der Waals surface area (Å²) in [5.74, 6) is 0.220. The Morgan fingerprint density at radius 3 is 3.06 bits per heavy atom. The molecule has 5 heteroatoms. The predicted octanol–water partition coefficient (Wildman–Crippen LogP) is 2.30. The van der Waals surface area contributed by atoms with Gasteiger partial charge in [0.15, 0.2) is 11.6 Å². The van der Waals surface area contributed by atoms with Crippen LogP contribution in [0.25, 0.3) is 0 Å².